The number of hydrogen-bond donors (Lipinski definition) is 1. The standard InChI is InChI=1S/C21H31N3O/c1-17(2)24-13-9-20(23-24)8-12-22-21(19-6-4-3-5-7-19)16-18-10-14-25-15-11-18/h3-7,9,13,17-18,21-22H,8,10-12,14-16H2,1-2H3. The number of rotatable bonds is 8. The van der Waals surface area contributed by atoms with Gasteiger partial charge in [0.05, 0.1) is 5.69 Å². The molecule has 0 spiro atoms. The molecule has 1 unspecified atom stereocenters. The van der Waals surface area contributed by atoms with Gasteiger partial charge in [-0.25, -0.2) is 0 Å². The van der Waals surface area contributed by atoms with Crippen LogP contribution in [0.3, 0.4) is 0 Å². The summed E-state index contributed by atoms with van der Waals surface area (Å²) in [4.78, 5) is 0. The highest BCUT2D eigenvalue weighted by Gasteiger charge is 2.20. The lowest BCUT2D eigenvalue weighted by molar-refractivity contribution is 0.0605. The maximum absolute atomic E-state index is 5.52. The van der Waals surface area contributed by atoms with Gasteiger partial charge in [0, 0.05) is 44.5 Å². The number of ether oxygens (including phenoxy) is 1. The van der Waals surface area contributed by atoms with Gasteiger partial charge >= 0.3 is 0 Å². The summed E-state index contributed by atoms with van der Waals surface area (Å²) in [5.41, 5.74) is 2.56. The van der Waals surface area contributed by atoms with Crippen LogP contribution in [0.25, 0.3) is 0 Å². The van der Waals surface area contributed by atoms with Crippen LogP contribution in [0, 0.1) is 5.92 Å². The summed E-state index contributed by atoms with van der Waals surface area (Å²) >= 11 is 0. The van der Waals surface area contributed by atoms with Gasteiger partial charge in [-0.3, -0.25) is 4.68 Å². The fraction of sp³-hybridized carbons (Fsp3) is 0.571. The molecule has 25 heavy (non-hydrogen) atoms. The highest BCUT2D eigenvalue weighted by atomic mass is 16.5. The minimum absolute atomic E-state index is 0.413. The van der Waals surface area contributed by atoms with Gasteiger partial charge in [-0.15, -0.1) is 0 Å². The zero-order valence-electron chi connectivity index (χ0n) is 15.5. The van der Waals surface area contributed by atoms with Gasteiger partial charge < -0.3 is 10.1 Å². The maximum atomic E-state index is 5.52. The first kappa shape index (κ1) is 18.2. The quantitative estimate of drug-likeness (QED) is 0.784. The molecule has 1 saturated heterocycles. The van der Waals surface area contributed by atoms with Crippen molar-refractivity contribution in [2.75, 3.05) is 19.8 Å². The average molecular weight is 341 g/mol. The van der Waals surface area contributed by atoms with E-state index in [2.05, 4.69) is 66.9 Å². The van der Waals surface area contributed by atoms with Crippen LogP contribution in [0.1, 0.15) is 56.5 Å². The summed E-state index contributed by atoms with van der Waals surface area (Å²) in [6.07, 6.45) is 6.61. The van der Waals surface area contributed by atoms with Crippen molar-refractivity contribution in [2.45, 2.75) is 51.6 Å². The van der Waals surface area contributed by atoms with E-state index in [0.29, 0.717) is 12.1 Å². The molecule has 0 aliphatic carbocycles. The first-order valence-corrected chi connectivity index (χ1v) is 9.62. The lowest BCUT2D eigenvalue weighted by atomic mass is 9.89. The van der Waals surface area contributed by atoms with Crippen LogP contribution in [0.2, 0.25) is 0 Å². The van der Waals surface area contributed by atoms with Crippen molar-refractivity contribution in [2.24, 2.45) is 5.92 Å². The summed E-state index contributed by atoms with van der Waals surface area (Å²) in [6.45, 7) is 7.11. The van der Waals surface area contributed by atoms with Gasteiger partial charge in [0.25, 0.3) is 0 Å². The molecule has 1 fully saturated rings. The van der Waals surface area contributed by atoms with Crippen molar-refractivity contribution in [3.05, 3.63) is 53.9 Å². The molecule has 1 aliphatic rings. The monoisotopic (exact) mass is 341 g/mol. The van der Waals surface area contributed by atoms with E-state index in [-0.39, 0.29) is 0 Å². The van der Waals surface area contributed by atoms with Crippen LogP contribution in [0.15, 0.2) is 42.6 Å². The van der Waals surface area contributed by atoms with E-state index in [1.807, 2.05) is 4.68 Å². The third-order valence-electron chi connectivity index (χ3n) is 5.08. The maximum Gasteiger partial charge on any atom is 0.0637 e. The molecular formula is C21H31N3O. The Labute approximate surface area is 151 Å². The number of aromatic nitrogens is 2. The molecule has 136 valence electrons. The van der Waals surface area contributed by atoms with Gasteiger partial charge in [0.2, 0.25) is 0 Å². The third-order valence-corrected chi connectivity index (χ3v) is 5.08. The Morgan fingerprint density at radius 2 is 1.92 bits per heavy atom. The second kappa shape index (κ2) is 9.16. The Bertz CT molecular complexity index is 617. The Kier molecular flexibility index (Phi) is 6.65. The molecule has 3 rings (SSSR count). The molecule has 1 atom stereocenters. The molecule has 4 nitrogen and oxygen atoms in total. The van der Waals surface area contributed by atoms with Crippen LogP contribution in [-0.2, 0) is 11.2 Å². The summed E-state index contributed by atoms with van der Waals surface area (Å²) < 4.78 is 7.55. The van der Waals surface area contributed by atoms with E-state index < -0.39 is 0 Å². The van der Waals surface area contributed by atoms with Crippen LogP contribution in [0.4, 0.5) is 0 Å². The first-order valence-electron chi connectivity index (χ1n) is 9.62. The normalized spacial score (nSPS) is 17.1. The molecule has 1 aromatic heterocycles. The zero-order chi connectivity index (χ0) is 17.5. The van der Waals surface area contributed by atoms with Crippen molar-refractivity contribution in [3.8, 4) is 0 Å². The second-order valence-electron chi connectivity index (χ2n) is 7.34. The third kappa shape index (κ3) is 5.41. The smallest absolute Gasteiger partial charge is 0.0637 e. The van der Waals surface area contributed by atoms with E-state index >= 15 is 0 Å². The van der Waals surface area contributed by atoms with E-state index in [1.54, 1.807) is 0 Å². The fourth-order valence-corrected chi connectivity index (χ4v) is 3.51. The molecule has 0 bridgehead atoms. The minimum Gasteiger partial charge on any atom is -0.381 e. The highest BCUT2D eigenvalue weighted by molar-refractivity contribution is 5.19. The van der Waals surface area contributed by atoms with Gasteiger partial charge in [0.15, 0.2) is 0 Å². The van der Waals surface area contributed by atoms with Crippen molar-refractivity contribution < 1.29 is 4.74 Å². The Morgan fingerprint density at radius 1 is 1.16 bits per heavy atom. The number of benzene rings is 1. The topological polar surface area (TPSA) is 39.1 Å². The molecule has 1 aromatic carbocycles. The van der Waals surface area contributed by atoms with Gasteiger partial charge in [-0.05, 0) is 50.7 Å². The van der Waals surface area contributed by atoms with Crippen molar-refractivity contribution in [3.63, 3.8) is 0 Å². The van der Waals surface area contributed by atoms with Crippen molar-refractivity contribution >= 4 is 0 Å². The molecule has 0 amide bonds. The van der Waals surface area contributed by atoms with Crippen LogP contribution in [-0.4, -0.2) is 29.5 Å². The van der Waals surface area contributed by atoms with E-state index in [4.69, 9.17) is 4.74 Å². The van der Waals surface area contributed by atoms with Gasteiger partial charge in [0.1, 0.15) is 0 Å². The molecular weight excluding hydrogens is 310 g/mol. The second-order valence-corrected chi connectivity index (χ2v) is 7.34. The van der Waals surface area contributed by atoms with Crippen molar-refractivity contribution in [1.82, 2.24) is 15.1 Å². The molecule has 2 aromatic rings. The molecule has 1 N–H and O–H groups in total. The van der Waals surface area contributed by atoms with Gasteiger partial charge in [-0.2, -0.15) is 5.10 Å². The minimum atomic E-state index is 0.413. The molecule has 0 radical (unpaired) electrons. The molecule has 4 heteroatoms. The molecule has 1 aliphatic heterocycles. The first-order chi connectivity index (χ1) is 12.2. The summed E-state index contributed by atoms with van der Waals surface area (Å²) in [5.74, 6) is 0.756. The number of nitrogens with one attached hydrogen (secondary N) is 1. The summed E-state index contributed by atoms with van der Waals surface area (Å²) in [5, 5.41) is 8.44. The van der Waals surface area contributed by atoms with Gasteiger partial charge in [-0.1, -0.05) is 30.3 Å². The van der Waals surface area contributed by atoms with E-state index in [0.717, 1.165) is 32.1 Å². The average Bonchev–Trinajstić information content (AvgIpc) is 3.12. The number of nitrogens with zero attached hydrogens (tertiary/aromatic N) is 2. The lowest BCUT2D eigenvalue weighted by Crippen LogP contribution is -2.28. The Balaban J connectivity index is 1.57. The number of hydrogen-bond acceptors (Lipinski definition) is 3. The SMILES string of the molecule is CC(C)n1ccc(CCNC(CC2CCOCC2)c2ccccc2)n1. The van der Waals surface area contributed by atoms with Crippen LogP contribution >= 0.6 is 0 Å². The predicted octanol–water partition coefficient (Wildman–Crippen LogP) is 4.15. The predicted molar refractivity (Wildman–Crippen MR) is 102 cm³/mol. The fourth-order valence-electron chi connectivity index (χ4n) is 3.51. The van der Waals surface area contributed by atoms with Crippen molar-refractivity contribution in [1.29, 1.82) is 0 Å². The Morgan fingerprint density at radius 3 is 2.60 bits per heavy atom. The highest BCUT2D eigenvalue weighted by Crippen LogP contribution is 2.27. The Hall–Kier alpha value is -1.65. The summed E-state index contributed by atoms with van der Waals surface area (Å²) in [7, 11) is 0. The van der Waals surface area contributed by atoms with Crippen LogP contribution in [0.5, 0.6) is 0 Å². The lowest BCUT2D eigenvalue weighted by Gasteiger charge is -2.27. The van der Waals surface area contributed by atoms with E-state index in [9.17, 15) is 0 Å². The van der Waals surface area contributed by atoms with Crippen LogP contribution < -0.4 is 5.32 Å². The zero-order valence-corrected chi connectivity index (χ0v) is 15.5. The molecule has 0 saturated carbocycles. The molecule has 2 heterocycles. The van der Waals surface area contributed by atoms with E-state index in [1.165, 1.54) is 30.5 Å². The summed E-state index contributed by atoms with van der Waals surface area (Å²) in [6, 6.07) is 13.8. The largest absolute Gasteiger partial charge is 0.381 e.